The van der Waals surface area contributed by atoms with Crippen LogP contribution >= 0.6 is 11.3 Å². The van der Waals surface area contributed by atoms with E-state index in [1.807, 2.05) is 0 Å². The highest BCUT2D eigenvalue weighted by atomic mass is 32.1. The average molecular weight is 803 g/mol. The maximum atomic E-state index is 5.22. The Labute approximate surface area is 362 Å². The van der Waals surface area contributed by atoms with E-state index >= 15 is 0 Å². The summed E-state index contributed by atoms with van der Waals surface area (Å²) < 4.78 is 1.24. The Morgan fingerprint density at radius 3 is 1.59 bits per heavy atom. The van der Waals surface area contributed by atoms with Crippen LogP contribution in [0.1, 0.15) is 86.5 Å². The maximum absolute atomic E-state index is 5.22. The molecule has 0 saturated heterocycles. The quantitative estimate of drug-likeness (QED) is 0.177. The van der Waals surface area contributed by atoms with E-state index in [0.717, 1.165) is 32.9 Å². The van der Waals surface area contributed by atoms with Gasteiger partial charge >= 0.3 is 0 Å². The molecule has 0 aliphatic heterocycles. The van der Waals surface area contributed by atoms with E-state index in [4.69, 9.17) is 9.97 Å². The average Bonchev–Trinajstić information content (AvgIpc) is 3.93. The molecule has 61 heavy (non-hydrogen) atoms. The summed E-state index contributed by atoms with van der Waals surface area (Å²) in [6, 6.07) is 59.4. The van der Waals surface area contributed by atoms with Crippen molar-refractivity contribution in [1.29, 1.82) is 0 Å². The van der Waals surface area contributed by atoms with E-state index in [-0.39, 0.29) is 10.8 Å². The number of thiophene rings is 1. The fraction of sp³-hybridized carbons (Fsp3) is 0.207. The normalized spacial score (nSPS) is 16.8. The van der Waals surface area contributed by atoms with Gasteiger partial charge in [-0.3, -0.25) is 0 Å². The third kappa shape index (κ3) is 5.32. The lowest BCUT2D eigenvalue weighted by molar-refractivity contribution is 0.350. The minimum Gasteiger partial charge on any atom is -0.227 e. The lowest BCUT2D eigenvalue weighted by atomic mass is 9.66. The van der Waals surface area contributed by atoms with Gasteiger partial charge in [-0.25, -0.2) is 9.97 Å². The third-order valence-electron chi connectivity index (χ3n) is 15.1. The molecule has 0 N–H and O–H groups in total. The number of fused-ring (bicyclic) bond motifs is 13. The number of benzene rings is 7. The van der Waals surface area contributed by atoms with E-state index in [9.17, 15) is 0 Å². The van der Waals surface area contributed by atoms with Crippen molar-refractivity contribution >= 4 is 31.6 Å². The van der Waals surface area contributed by atoms with Crippen LogP contribution < -0.4 is 0 Å². The molecule has 13 rings (SSSR count). The Balaban J connectivity index is 0.838. The summed E-state index contributed by atoms with van der Waals surface area (Å²) in [5.41, 5.74) is 20.8. The molecule has 9 aromatic rings. The summed E-state index contributed by atoms with van der Waals surface area (Å²) in [6.07, 6.45) is 13.0. The smallest absolute Gasteiger partial charge is 0.161 e. The van der Waals surface area contributed by atoms with Gasteiger partial charge in [-0.1, -0.05) is 172 Å². The summed E-state index contributed by atoms with van der Waals surface area (Å²) >= 11 is 1.74. The Morgan fingerprint density at radius 1 is 0.377 bits per heavy atom. The number of hydrogen-bond donors (Lipinski definition) is 0. The van der Waals surface area contributed by atoms with E-state index in [0.29, 0.717) is 0 Å². The molecule has 0 radical (unpaired) electrons. The van der Waals surface area contributed by atoms with Gasteiger partial charge in [0.15, 0.2) is 5.82 Å². The highest BCUT2D eigenvalue weighted by Crippen LogP contribution is 2.62. The first-order chi connectivity index (χ1) is 30.2. The molecular formula is C58H46N2S. The predicted molar refractivity (Wildman–Crippen MR) is 255 cm³/mol. The molecule has 4 aliphatic carbocycles. The molecule has 2 nitrogen and oxygen atoms in total. The first-order valence-electron chi connectivity index (χ1n) is 22.6. The van der Waals surface area contributed by atoms with Gasteiger partial charge in [0.05, 0.1) is 5.69 Å². The van der Waals surface area contributed by atoms with Gasteiger partial charge in [0.1, 0.15) is 4.83 Å². The van der Waals surface area contributed by atoms with Crippen molar-refractivity contribution in [3.63, 3.8) is 0 Å². The van der Waals surface area contributed by atoms with E-state index in [2.05, 4.69) is 158 Å². The summed E-state index contributed by atoms with van der Waals surface area (Å²) in [4.78, 5) is 11.4. The number of aromatic nitrogens is 2. The van der Waals surface area contributed by atoms with Crippen LogP contribution in [0.5, 0.6) is 0 Å². The van der Waals surface area contributed by atoms with E-state index in [1.54, 1.807) is 33.6 Å². The Morgan fingerprint density at radius 2 is 0.902 bits per heavy atom. The van der Waals surface area contributed by atoms with Crippen LogP contribution in [0.25, 0.3) is 87.5 Å². The van der Waals surface area contributed by atoms with Crippen LogP contribution in [0.4, 0.5) is 0 Å². The largest absolute Gasteiger partial charge is 0.227 e. The molecule has 2 heterocycles. The molecule has 294 valence electrons. The maximum Gasteiger partial charge on any atom is 0.161 e. The van der Waals surface area contributed by atoms with Crippen molar-refractivity contribution in [2.45, 2.75) is 75.0 Å². The SMILES string of the molecule is c1ccc(-c2nc(-c3ccc(-c4ccc(-c5ccc6c(c5)C5(CCCCC5)c5cc7c(cc5-6)C5(CCCCC5)c5ccccc5-7)cc4)cc3)nc3sc4ccccc4c23)cc1. The molecule has 0 atom stereocenters. The molecule has 2 aromatic heterocycles. The molecule has 0 amide bonds. The van der Waals surface area contributed by atoms with Crippen LogP contribution in [0, 0.1) is 0 Å². The topological polar surface area (TPSA) is 25.8 Å². The minimum atomic E-state index is 0.0972. The van der Waals surface area contributed by atoms with Crippen molar-refractivity contribution < 1.29 is 0 Å². The molecule has 2 spiro atoms. The van der Waals surface area contributed by atoms with Crippen molar-refractivity contribution in [2.75, 3.05) is 0 Å². The van der Waals surface area contributed by atoms with Gasteiger partial charge in [0.25, 0.3) is 0 Å². The van der Waals surface area contributed by atoms with Gasteiger partial charge in [0, 0.05) is 37.4 Å². The zero-order valence-corrected chi connectivity index (χ0v) is 35.2. The monoisotopic (exact) mass is 802 g/mol. The molecule has 7 aromatic carbocycles. The summed E-state index contributed by atoms with van der Waals surface area (Å²) in [6.45, 7) is 0. The van der Waals surface area contributed by atoms with E-state index < -0.39 is 0 Å². The van der Waals surface area contributed by atoms with Gasteiger partial charge in [-0.2, -0.15) is 0 Å². The van der Waals surface area contributed by atoms with Gasteiger partial charge in [-0.05, 0) is 117 Å². The van der Waals surface area contributed by atoms with Crippen LogP contribution in [0.3, 0.4) is 0 Å². The van der Waals surface area contributed by atoms with Crippen LogP contribution in [-0.2, 0) is 10.8 Å². The number of hydrogen-bond acceptors (Lipinski definition) is 3. The van der Waals surface area contributed by atoms with Gasteiger partial charge < -0.3 is 0 Å². The second-order valence-electron chi connectivity index (χ2n) is 18.2. The Kier molecular flexibility index (Phi) is 7.98. The van der Waals surface area contributed by atoms with Crippen molar-refractivity contribution in [2.24, 2.45) is 0 Å². The Hall–Kier alpha value is -6.16. The summed E-state index contributed by atoms with van der Waals surface area (Å²) in [7, 11) is 0. The second kappa shape index (κ2) is 13.7. The fourth-order valence-electron chi connectivity index (χ4n) is 12.2. The highest BCUT2D eigenvalue weighted by molar-refractivity contribution is 7.25. The predicted octanol–water partition coefficient (Wildman–Crippen LogP) is 16.0. The van der Waals surface area contributed by atoms with Gasteiger partial charge in [0.2, 0.25) is 0 Å². The number of rotatable bonds is 4. The number of nitrogens with zero attached hydrogens (tertiary/aromatic N) is 2. The zero-order chi connectivity index (χ0) is 40.1. The molecule has 0 unspecified atom stereocenters. The lowest BCUT2D eigenvalue weighted by Gasteiger charge is -2.37. The minimum absolute atomic E-state index is 0.0972. The first kappa shape index (κ1) is 35.6. The fourth-order valence-corrected chi connectivity index (χ4v) is 13.3. The molecule has 3 heteroatoms. The van der Waals surface area contributed by atoms with Crippen molar-refractivity contribution in [1.82, 2.24) is 9.97 Å². The van der Waals surface area contributed by atoms with Gasteiger partial charge in [-0.15, -0.1) is 11.3 Å². The highest BCUT2D eigenvalue weighted by Gasteiger charge is 2.49. The van der Waals surface area contributed by atoms with Crippen molar-refractivity contribution in [3.8, 4) is 67.2 Å². The molecule has 4 aliphatic rings. The zero-order valence-electron chi connectivity index (χ0n) is 34.4. The first-order valence-corrected chi connectivity index (χ1v) is 23.4. The van der Waals surface area contributed by atoms with Crippen LogP contribution in [-0.4, -0.2) is 9.97 Å². The van der Waals surface area contributed by atoms with E-state index in [1.165, 1.54) is 119 Å². The van der Waals surface area contributed by atoms with Crippen LogP contribution in [0.2, 0.25) is 0 Å². The van der Waals surface area contributed by atoms with Crippen molar-refractivity contribution in [3.05, 3.63) is 180 Å². The lowest BCUT2D eigenvalue weighted by Crippen LogP contribution is -2.29. The molecular weight excluding hydrogens is 757 g/mol. The molecule has 2 saturated carbocycles. The summed E-state index contributed by atoms with van der Waals surface area (Å²) in [5.74, 6) is 0.761. The molecule has 0 bridgehead atoms. The summed E-state index contributed by atoms with van der Waals surface area (Å²) in [5, 5.41) is 2.35. The molecule has 2 fully saturated rings. The standard InChI is InChI=1S/C58H46N2S/c1-4-14-40(15-5-1)54-53-45-17-7-9-19-52(45)61-56(53)60-55(59-54)41-26-24-38(25-27-41)37-20-22-39(23-21-37)42-28-29-44-47-36-50-46(35-51(47)58(49(44)34-42)32-12-3-13-33-58)43-16-6-8-18-48(43)57(50)30-10-2-11-31-57/h1,4-9,14-29,34-36H,2-3,10-13,30-33H2. The second-order valence-corrected chi connectivity index (χ2v) is 19.3. The third-order valence-corrected chi connectivity index (χ3v) is 16.2. The van der Waals surface area contributed by atoms with Crippen LogP contribution in [0.15, 0.2) is 158 Å². The Bertz CT molecular complexity index is 3180.